The molecule has 2 rings (SSSR count). The Morgan fingerprint density at radius 3 is 2.19 bits per heavy atom. The first-order valence-corrected chi connectivity index (χ1v) is 6.93. The second kappa shape index (κ2) is 7.67. The minimum Gasteiger partial charge on any atom is -0.491 e. The van der Waals surface area contributed by atoms with E-state index >= 15 is 0 Å². The number of aliphatic hydroxyl groups is 2. The number of hydrogen-bond acceptors (Lipinski definition) is 4. The first kappa shape index (κ1) is 15.4. The predicted molar refractivity (Wildman–Crippen MR) is 81.8 cm³/mol. The molecule has 0 spiro atoms. The fraction of sp³-hybridized carbons (Fsp3) is 0.294. The fourth-order valence-corrected chi connectivity index (χ4v) is 2.00. The summed E-state index contributed by atoms with van der Waals surface area (Å²) in [4.78, 5) is 0. The molecule has 2 N–H and O–H groups in total. The Balaban J connectivity index is 2.31. The molecule has 112 valence electrons. The molecule has 0 aromatic heterocycles. The van der Waals surface area contributed by atoms with Crippen molar-refractivity contribution in [2.45, 2.75) is 6.92 Å². The van der Waals surface area contributed by atoms with Crippen LogP contribution < -0.4 is 9.47 Å². The highest BCUT2D eigenvalue weighted by molar-refractivity contribution is 5.71. The van der Waals surface area contributed by atoms with Crippen molar-refractivity contribution in [1.29, 1.82) is 0 Å². The SMILES string of the molecule is Cc1ccc(-c2ccc(OCCO)cc2OCCO)cc1. The lowest BCUT2D eigenvalue weighted by Gasteiger charge is -2.13. The van der Waals surface area contributed by atoms with Gasteiger partial charge >= 0.3 is 0 Å². The molecule has 4 heteroatoms. The molecule has 0 atom stereocenters. The summed E-state index contributed by atoms with van der Waals surface area (Å²) in [6, 6.07) is 13.7. The third-order valence-electron chi connectivity index (χ3n) is 3.02. The molecule has 0 aliphatic rings. The van der Waals surface area contributed by atoms with Crippen LogP contribution in [-0.4, -0.2) is 36.6 Å². The minimum atomic E-state index is -0.0466. The number of benzene rings is 2. The van der Waals surface area contributed by atoms with E-state index in [0.29, 0.717) is 11.5 Å². The Hall–Kier alpha value is -2.04. The van der Waals surface area contributed by atoms with E-state index in [2.05, 4.69) is 0 Å². The van der Waals surface area contributed by atoms with Crippen molar-refractivity contribution < 1.29 is 19.7 Å². The Bertz CT molecular complexity index is 564. The van der Waals surface area contributed by atoms with Gasteiger partial charge in [0.25, 0.3) is 0 Å². The zero-order chi connectivity index (χ0) is 15.1. The van der Waals surface area contributed by atoms with Crippen LogP contribution in [0.15, 0.2) is 42.5 Å². The number of ether oxygens (including phenoxy) is 2. The van der Waals surface area contributed by atoms with Crippen LogP contribution in [-0.2, 0) is 0 Å². The fourth-order valence-electron chi connectivity index (χ4n) is 2.00. The molecule has 0 radical (unpaired) electrons. The van der Waals surface area contributed by atoms with E-state index in [1.54, 1.807) is 6.07 Å². The molecule has 0 heterocycles. The summed E-state index contributed by atoms with van der Waals surface area (Å²) in [5.41, 5.74) is 3.18. The summed E-state index contributed by atoms with van der Waals surface area (Å²) in [5.74, 6) is 1.29. The van der Waals surface area contributed by atoms with Crippen molar-refractivity contribution in [3.63, 3.8) is 0 Å². The molecule has 0 aliphatic heterocycles. The van der Waals surface area contributed by atoms with Gasteiger partial charge in [-0.25, -0.2) is 0 Å². The van der Waals surface area contributed by atoms with Gasteiger partial charge in [0.2, 0.25) is 0 Å². The van der Waals surface area contributed by atoms with Gasteiger partial charge in [0.05, 0.1) is 13.2 Å². The van der Waals surface area contributed by atoms with Crippen molar-refractivity contribution in [1.82, 2.24) is 0 Å². The summed E-state index contributed by atoms with van der Waals surface area (Å²) in [7, 11) is 0. The van der Waals surface area contributed by atoms with Crippen molar-refractivity contribution in [2.75, 3.05) is 26.4 Å². The Labute approximate surface area is 124 Å². The molecule has 21 heavy (non-hydrogen) atoms. The van der Waals surface area contributed by atoms with Crippen LogP contribution in [0.1, 0.15) is 5.56 Å². The summed E-state index contributed by atoms with van der Waals surface area (Å²) in [5, 5.41) is 17.8. The van der Waals surface area contributed by atoms with E-state index in [-0.39, 0.29) is 26.4 Å². The predicted octanol–water partition coefficient (Wildman–Crippen LogP) is 2.40. The highest BCUT2D eigenvalue weighted by atomic mass is 16.5. The van der Waals surface area contributed by atoms with Crippen molar-refractivity contribution in [3.8, 4) is 22.6 Å². The monoisotopic (exact) mass is 288 g/mol. The van der Waals surface area contributed by atoms with Crippen molar-refractivity contribution in [3.05, 3.63) is 48.0 Å². The van der Waals surface area contributed by atoms with E-state index in [9.17, 15) is 0 Å². The third kappa shape index (κ3) is 4.21. The van der Waals surface area contributed by atoms with Crippen LogP contribution in [0.3, 0.4) is 0 Å². The maximum absolute atomic E-state index is 8.95. The van der Waals surface area contributed by atoms with Gasteiger partial charge in [0.15, 0.2) is 0 Å². The highest BCUT2D eigenvalue weighted by Gasteiger charge is 2.08. The molecule has 0 saturated heterocycles. The lowest BCUT2D eigenvalue weighted by atomic mass is 10.0. The van der Waals surface area contributed by atoms with E-state index in [4.69, 9.17) is 19.7 Å². The second-order valence-electron chi connectivity index (χ2n) is 4.67. The third-order valence-corrected chi connectivity index (χ3v) is 3.02. The molecular formula is C17H20O4. The minimum absolute atomic E-state index is 0.0352. The van der Waals surface area contributed by atoms with Crippen LogP contribution in [0.2, 0.25) is 0 Å². The molecule has 2 aromatic carbocycles. The van der Waals surface area contributed by atoms with Crippen LogP contribution >= 0.6 is 0 Å². The number of rotatable bonds is 7. The zero-order valence-corrected chi connectivity index (χ0v) is 12.1. The van der Waals surface area contributed by atoms with Gasteiger partial charge < -0.3 is 19.7 Å². The van der Waals surface area contributed by atoms with Crippen LogP contribution in [0, 0.1) is 6.92 Å². The Morgan fingerprint density at radius 1 is 0.857 bits per heavy atom. The number of aliphatic hydroxyl groups excluding tert-OH is 2. The Morgan fingerprint density at radius 2 is 1.52 bits per heavy atom. The summed E-state index contributed by atoms with van der Waals surface area (Å²) in [6.45, 7) is 2.42. The summed E-state index contributed by atoms with van der Waals surface area (Å²) in [6.07, 6.45) is 0. The lowest BCUT2D eigenvalue weighted by Crippen LogP contribution is -2.05. The average Bonchev–Trinajstić information content (AvgIpc) is 2.52. The maximum Gasteiger partial charge on any atom is 0.130 e. The average molecular weight is 288 g/mol. The highest BCUT2D eigenvalue weighted by Crippen LogP contribution is 2.33. The number of aryl methyl sites for hydroxylation is 1. The smallest absolute Gasteiger partial charge is 0.130 e. The molecular weight excluding hydrogens is 268 g/mol. The molecule has 0 amide bonds. The van der Waals surface area contributed by atoms with E-state index in [1.165, 1.54) is 5.56 Å². The largest absolute Gasteiger partial charge is 0.491 e. The van der Waals surface area contributed by atoms with Gasteiger partial charge in [0, 0.05) is 11.6 Å². The number of hydrogen-bond donors (Lipinski definition) is 2. The normalized spacial score (nSPS) is 10.4. The second-order valence-corrected chi connectivity index (χ2v) is 4.67. The molecule has 2 aromatic rings. The molecule has 4 nitrogen and oxygen atoms in total. The molecule has 0 unspecified atom stereocenters. The van der Waals surface area contributed by atoms with Crippen LogP contribution in [0.4, 0.5) is 0 Å². The summed E-state index contributed by atoms with van der Waals surface area (Å²) >= 11 is 0. The van der Waals surface area contributed by atoms with Crippen LogP contribution in [0.25, 0.3) is 11.1 Å². The van der Waals surface area contributed by atoms with Gasteiger partial charge in [-0.1, -0.05) is 29.8 Å². The molecule has 0 fully saturated rings. The van der Waals surface area contributed by atoms with Crippen molar-refractivity contribution in [2.24, 2.45) is 0 Å². The quantitative estimate of drug-likeness (QED) is 0.821. The topological polar surface area (TPSA) is 58.9 Å². The van der Waals surface area contributed by atoms with Gasteiger partial charge in [-0.15, -0.1) is 0 Å². The summed E-state index contributed by atoms with van der Waals surface area (Å²) < 4.78 is 11.0. The first-order valence-electron chi connectivity index (χ1n) is 6.93. The van der Waals surface area contributed by atoms with E-state index < -0.39 is 0 Å². The van der Waals surface area contributed by atoms with Gasteiger partial charge in [-0.2, -0.15) is 0 Å². The zero-order valence-electron chi connectivity index (χ0n) is 12.1. The lowest BCUT2D eigenvalue weighted by molar-refractivity contribution is 0.195. The van der Waals surface area contributed by atoms with Gasteiger partial charge in [-0.3, -0.25) is 0 Å². The van der Waals surface area contributed by atoms with Gasteiger partial charge in [0.1, 0.15) is 24.7 Å². The molecule has 0 bridgehead atoms. The van der Waals surface area contributed by atoms with E-state index in [0.717, 1.165) is 11.1 Å². The molecule has 0 saturated carbocycles. The first-order chi connectivity index (χ1) is 10.2. The standard InChI is InChI=1S/C17H20O4/c1-13-2-4-14(5-3-13)16-7-6-15(20-10-8-18)12-17(16)21-11-9-19/h2-7,12,18-19H,8-11H2,1H3. The van der Waals surface area contributed by atoms with Crippen LogP contribution in [0.5, 0.6) is 11.5 Å². The molecule has 0 aliphatic carbocycles. The van der Waals surface area contributed by atoms with E-state index in [1.807, 2.05) is 43.3 Å². The van der Waals surface area contributed by atoms with Crippen molar-refractivity contribution >= 4 is 0 Å². The maximum atomic E-state index is 8.95. The van der Waals surface area contributed by atoms with Gasteiger partial charge in [-0.05, 0) is 24.6 Å². The Kier molecular flexibility index (Phi) is 5.60.